The molecule has 9 heteroatoms. The van der Waals surface area contributed by atoms with Crippen molar-refractivity contribution in [1.82, 2.24) is 0 Å². The SMILES string of the molecule is CC(=O)Nc1ccc(C(=N)c2c(OC(F)F)cc(OCC3CC3)c(F)c2F)cc1. The normalized spacial score (nSPS) is 13.3. The molecule has 2 aromatic rings. The largest absolute Gasteiger partial charge is 0.490 e. The number of alkyl halides is 2. The molecule has 1 aliphatic rings. The zero-order valence-corrected chi connectivity index (χ0v) is 15.4. The first-order valence-corrected chi connectivity index (χ1v) is 8.82. The third kappa shape index (κ3) is 5.04. The molecule has 154 valence electrons. The Morgan fingerprint density at radius 3 is 2.38 bits per heavy atom. The minimum absolute atomic E-state index is 0.114. The van der Waals surface area contributed by atoms with Crippen LogP contribution in [0.3, 0.4) is 0 Å². The Kier molecular flexibility index (Phi) is 6.05. The molecule has 5 nitrogen and oxygen atoms in total. The highest BCUT2D eigenvalue weighted by molar-refractivity contribution is 6.13. The van der Waals surface area contributed by atoms with Crippen molar-refractivity contribution in [1.29, 1.82) is 5.41 Å². The van der Waals surface area contributed by atoms with Gasteiger partial charge in [0.05, 0.1) is 17.9 Å². The number of carbonyl (C=O) groups is 1. The predicted octanol–water partition coefficient (Wildman–Crippen LogP) is 4.73. The number of hydrogen-bond donors (Lipinski definition) is 2. The van der Waals surface area contributed by atoms with Gasteiger partial charge in [-0.2, -0.15) is 13.2 Å². The first kappa shape index (κ1) is 20.6. The number of halogens is 4. The van der Waals surface area contributed by atoms with Gasteiger partial charge in [0.1, 0.15) is 5.75 Å². The van der Waals surface area contributed by atoms with Crippen LogP contribution < -0.4 is 14.8 Å². The van der Waals surface area contributed by atoms with E-state index in [2.05, 4.69) is 10.1 Å². The molecule has 2 aromatic carbocycles. The Bertz CT molecular complexity index is 928. The van der Waals surface area contributed by atoms with E-state index in [1.165, 1.54) is 31.2 Å². The molecule has 0 atom stereocenters. The van der Waals surface area contributed by atoms with E-state index in [4.69, 9.17) is 10.1 Å². The molecular weight excluding hydrogens is 392 g/mol. The molecule has 0 radical (unpaired) electrons. The summed E-state index contributed by atoms with van der Waals surface area (Å²) >= 11 is 0. The van der Waals surface area contributed by atoms with Gasteiger partial charge >= 0.3 is 6.61 Å². The molecule has 0 saturated heterocycles. The first-order valence-electron chi connectivity index (χ1n) is 8.82. The van der Waals surface area contributed by atoms with Gasteiger partial charge in [-0.25, -0.2) is 4.39 Å². The van der Waals surface area contributed by atoms with Gasteiger partial charge < -0.3 is 14.8 Å². The standard InChI is InChI=1S/C20H18F4N2O3/c1-10(27)26-13-6-4-12(5-7-13)19(25)16-14(29-20(23)24)8-15(17(21)18(16)22)28-9-11-2-3-11/h4-8,11,20,25H,2-3,9H2,1H3,(H,26,27). The Labute approximate surface area is 164 Å². The second kappa shape index (κ2) is 8.50. The summed E-state index contributed by atoms with van der Waals surface area (Å²) < 4.78 is 64.4. The third-order valence-electron chi connectivity index (χ3n) is 4.27. The van der Waals surface area contributed by atoms with Gasteiger partial charge in [0, 0.05) is 24.2 Å². The molecule has 29 heavy (non-hydrogen) atoms. The highest BCUT2D eigenvalue weighted by atomic mass is 19.3. The third-order valence-corrected chi connectivity index (χ3v) is 4.27. The fourth-order valence-electron chi connectivity index (χ4n) is 2.67. The van der Waals surface area contributed by atoms with Crippen LogP contribution in [-0.2, 0) is 4.79 Å². The maximum absolute atomic E-state index is 14.7. The average molecular weight is 410 g/mol. The molecule has 1 fully saturated rings. The molecule has 1 saturated carbocycles. The summed E-state index contributed by atoms with van der Waals surface area (Å²) in [4.78, 5) is 11.1. The molecule has 0 spiro atoms. The minimum atomic E-state index is -3.30. The van der Waals surface area contributed by atoms with E-state index in [-0.39, 0.29) is 24.0 Å². The molecule has 0 heterocycles. The number of hydrogen-bond acceptors (Lipinski definition) is 4. The summed E-state index contributed by atoms with van der Waals surface area (Å²) in [5.41, 5.74) is -0.759. The summed E-state index contributed by atoms with van der Waals surface area (Å²) in [6.45, 7) is -1.84. The fourth-order valence-corrected chi connectivity index (χ4v) is 2.67. The zero-order valence-electron chi connectivity index (χ0n) is 15.4. The van der Waals surface area contributed by atoms with Crippen molar-refractivity contribution >= 4 is 17.3 Å². The lowest BCUT2D eigenvalue weighted by molar-refractivity contribution is -0.114. The summed E-state index contributed by atoms with van der Waals surface area (Å²) in [5, 5.41) is 10.7. The van der Waals surface area contributed by atoms with Gasteiger partial charge in [0.15, 0.2) is 11.6 Å². The van der Waals surface area contributed by atoms with Crippen molar-refractivity contribution in [2.75, 3.05) is 11.9 Å². The number of nitrogens with one attached hydrogen (secondary N) is 2. The number of benzene rings is 2. The molecule has 2 N–H and O–H groups in total. The van der Waals surface area contributed by atoms with Crippen LogP contribution in [0.5, 0.6) is 11.5 Å². The lowest BCUT2D eigenvalue weighted by Gasteiger charge is -2.16. The molecule has 1 aliphatic carbocycles. The second-order valence-electron chi connectivity index (χ2n) is 6.64. The Morgan fingerprint density at radius 1 is 1.17 bits per heavy atom. The van der Waals surface area contributed by atoms with Gasteiger partial charge in [-0.1, -0.05) is 12.1 Å². The lowest BCUT2D eigenvalue weighted by atomic mass is 10.00. The van der Waals surface area contributed by atoms with Crippen LogP contribution in [0.15, 0.2) is 30.3 Å². The van der Waals surface area contributed by atoms with Crippen molar-refractivity contribution in [3.8, 4) is 11.5 Å². The number of rotatable bonds is 8. The van der Waals surface area contributed by atoms with Crippen LogP contribution in [0.4, 0.5) is 23.2 Å². The highest BCUT2D eigenvalue weighted by Gasteiger charge is 2.28. The number of carbonyl (C=O) groups excluding carboxylic acids is 1. The zero-order chi connectivity index (χ0) is 21.1. The van der Waals surface area contributed by atoms with Crippen molar-refractivity contribution in [3.63, 3.8) is 0 Å². The van der Waals surface area contributed by atoms with Crippen LogP contribution >= 0.6 is 0 Å². The van der Waals surface area contributed by atoms with Crippen LogP contribution in [0.25, 0.3) is 0 Å². The first-order chi connectivity index (χ1) is 13.8. The van der Waals surface area contributed by atoms with Crippen LogP contribution in [0, 0.1) is 23.0 Å². The maximum Gasteiger partial charge on any atom is 0.387 e. The van der Waals surface area contributed by atoms with E-state index in [9.17, 15) is 22.4 Å². The fraction of sp³-hybridized carbons (Fsp3) is 0.300. The van der Waals surface area contributed by atoms with E-state index in [1.54, 1.807) is 0 Å². The summed E-state index contributed by atoms with van der Waals surface area (Å²) in [6.07, 6.45) is 1.81. The van der Waals surface area contributed by atoms with Crippen molar-refractivity contribution in [2.24, 2.45) is 5.92 Å². The maximum atomic E-state index is 14.7. The molecule has 0 bridgehead atoms. The van der Waals surface area contributed by atoms with Gasteiger partial charge in [-0.05, 0) is 30.9 Å². The van der Waals surface area contributed by atoms with Gasteiger partial charge in [0.2, 0.25) is 11.7 Å². The van der Waals surface area contributed by atoms with Crippen LogP contribution in [0.1, 0.15) is 30.9 Å². The molecule has 3 rings (SSSR count). The molecule has 0 aliphatic heterocycles. The quantitative estimate of drug-likeness (QED) is 0.488. The van der Waals surface area contributed by atoms with Gasteiger partial charge in [0.25, 0.3) is 0 Å². The lowest BCUT2D eigenvalue weighted by Crippen LogP contribution is -2.14. The number of amides is 1. The molecule has 0 aromatic heterocycles. The van der Waals surface area contributed by atoms with E-state index >= 15 is 0 Å². The van der Waals surface area contributed by atoms with Crippen molar-refractivity contribution in [3.05, 3.63) is 53.1 Å². The monoisotopic (exact) mass is 410 g/mol. The molecule has 1 amide bonds. The predicted molar refractivity (Wildman–Crippen MR) is 97.9 cm³/mol. The molecular formula is C20H18F4N2O3. The summed E-state index contributed by atoms with van der Waals surface area (Å²) in [6, 6.07) is 6.46. The van der Waals surface area contributed by atoms with E-state index < -0.39 is 41.0 Å². The summed E-state index contributed by atoms with van der Waals surface area (Å²) in [7, 11) is 0. The number of anilines is 1. The van der Waals surface area contributed by atoms with E-state index in [0.29, 0.717) is 5.69 Å². The van der Waals surface area contributed by atoms with Crippen LogP contribution in [0.2, 0.25) is 0 Å². The van der Waals surface area contributed by atoms with Gasteiger partial charge in [-0.3, -0.25) is 10.2 Å². The van der Waals surface area contributed by atoms with Crippen molar-refractivity contribution < 1.29 is 31.8 Å². The highest BCUT2D eigenvalue weighted by Crippen LogP contribution is 2.36. The summed E-state index contributed by atoms with van der Waals surface area (Å²) in [5.74, 6) is -4.19. The Morgan fingerprint density at radius 2 is 1.83 bits per heavy atom. The van der Waals surface area contributed by atoms with Crippen molar-refractivity contribution in [2.45, 2.75) is 26.4 Å². The van der Waals surface area contributed by atoms with E-state index in [0.717, 1.165) is 18.9 Å². The molecule has 0 unspecified atom stereocenters. The van der Waals surface area contributed by atoms with Gasteiger partial charge in [-0.15, -0.1) is 0 Å². The number of ether oxygens (including phenoxy) is 2. The second-order valence-corrected chi connectivity index (χ2v) is 6.64. The Hall–Kier alpha value is -3.10. The van der Waals surface area contributed by atoms with Crippen LogP contribution in [-0.4, -0.2) is 24.8 Å². The minimum Gasteiger partial charge on any atom is -0.490 e. The average Bonchev–Trinajstić information content (AvgIpc) is 3.47. The topological polar surface area (TPSA) is 71.4 Å². The Balaban J connectivity index is 1.95. The smallest absolute Gasteiger partial charge is 0.387 e. The van der Waals surface area contributed by atoms with E-state index in [1.807, 2.05) is 0 Å².